The Hall–Kier alpha value is -11.5. The second-order valence-electron chi connectivity index (χ2n) is 28.1. The number of hydrogen-bond acceptors (Lipinski definition) is 40. The normalized spacial score (nSPS) is 27.8. The highest BCUT2D eigenvalue weighted by Gasteiger charge is 2.56. The molecule has 0 aromatic rings. The van der Waals surface area contributed by atoms with E-state index in [1.54, 1.807) is 0 Å². The number of ether oxygens (including phenoxy) is 20. The van der Waals surface area contributed by atoms with Gasteiger partial charge >= 0.3 is 119 Å². The van der Waals surface area contributed by atoms with E-state index in [0.29, 0.717) is 12.2 Å². The van der Waals surface area contributed by atoms with Crippen LogP contribution in [0.4, 0.5) is 0 Å². The highest BCUT2D eigenvalue weighted by Crippen LogP contribution is 2.36. The molecule has 10 rings (SSSR count). The van der Waals surface area contributed by atoms with E-state index in [0.717, 1.165) is 12.2 Å². The van der Waals surface area contributed by atoms with Gasteiger partial charge in [0.05, 0.1) is 117 Å². The molecule has 10 aliphatic rings. The summed E-state index contributed by atoms with van der Waals surface area (Å²) in [5.74, 6) is -17.4. The van der Waals surface area contributed by atoms with Crippen LogP contribution in [0.25, 0.3) is 0 Å². The predicted octanol–water partition coefficient (Wildman–Crippen LogP) is -2.20. The van der Waals surface area contributed by atoms with E-state index in [1.165, 1.54) is 0 Å². The molecule has 10 saturated heterocycles. The van der Waals surface area contributed by atoms with Crippen LogP contribution in [0.15, 0.2) is 24.3 Å². The summed E-state index contributed by atoms with van der Waals surface area (Å²) in [6.45, 7) is 0.631. The third-order valence-corrected chi connectivity index (χ3v) is 18.6. The molecule has 10 aliphatic heterocycles. The molecule has 0 amide bonds. The number of carbonyl (C=O) groups is 20. The quantitative estimate of drug-likeness (QED) is 0.0176. The molecular formula is C74H94O50. The van der Waals surface area contributed by atoms with Gasteiger partial charge < -0.3 is 146 Å². The van der Waals surface area contributed by atoms with Crippen LogP contribution in [-0.4, -0.2) is 359 Å². The minimum Gasteiger partial charge on any atom is -0.481 e. The van der Waals surface area contributed by atoms with Crippen molar-refractivity contribution in [3.8, 4) is 0 Å². The van der Waals surface area contributed by atoms with Gasteiger partial charge in [0.2, 0.25) is 0 Å². The van der Waals surface area contributed by atoms with Crippen molar-refractivity contribution in [1.29, 1.82) is 0 Å². The maximum Gasteiger partial charge on any atom is 0.331 e. The van der Waals surface area contributed by atoms with Crippen LogP contribution < -0.4 is 0 Å². The first-order valence-electron chi connectivity index (χ1n) is 38.5. The first kappa shape index (κ1) is 101. The van der Waals surface area contributed by atoms with Gasteiger partial charge in [0.1, 0.15) is 61.0 Å². The van der Waals surface area contributed by atoms with Crippen molar-refractivity contribution in [3.05, 3.63) is 24.3 Å². The molecule has 50 heteroatoms. The van der Waals surface area contributed by atoms with Crippen molar-refractivity contribution >= 4 is 119 Å². The first-order valence-corrected chi connectivity index (χ1v) is 38.5. The van der Waals surface area contributed by atoms with E-state index in [4.69, 9.17) is 146 Å². The Kier molecular flexibility index (Phi) is 42.1. The van der Waals surface area contributed by atoms with Gasteiger partial charge in [0, 0.05) is 75.7 Å². The number of carbonyl (C=O) groups excluding carboxylic acids is 10. The SMILES string of the molecule is O=C(O)C=CC(=O)O[C@H]1CO[C@H]2[C@@H]1OC[C@H]2OC(=O)C=CC(=O)O.O=C(O)CCC(=O)O[C@@H]1CO[C@H]2[C@@H]1OC[C@H]2OC(=O)CCC(=O)O.O=C(O)CCC(=O)O[C@H]1CO[C@H]2[C@@H]1OC[C@H]2OC(=O)CCC(=O)O.O=C(O)CCCC(=O)O[C@@H]1CO[C@H]2[C@@H]1OC[C@H]2OC(=O)CCCC(=O)O.O=C(O)CCCC(=O)O[C@H]1CO[C@H]2[C@@H]1OC[C@H]2OC(=O)CCCC(=O)O. The monoisotopic (exact) mass is 1780 g/mol. The molecule has 0 saturated carbocycles. The largest absolute Gasteiger partial charge is 0.481 e. The number of aliphatic carboxylic acids is 10. The molecule has 0 spiro atoms. The van der Waals surface area contributed by atoms with Crippen LogP contribution in [0.1, 0.15) is 128 Å². The number of rotatable bonds is 42. The van der Waals surface area contributed by atoms with Crippen molar-refractivity contribution < 1.29 is 242 Å². The topological polar surface area (TPSA) is 728 Å². The second-order valence-corrected chi connectivity index (χ2v) is 28.1. The van der Waals surface area contributed by atoms with Gasteiger partial charge in [-0.15, -0.1) is 0 Å². The summed E-state index contributed by atoms with van der Waals surface area (Å²) in [5.41, 5.74) is 0. The van der Waals surface area contributed by atoms with Crippen molar-refractivity contribution in [1.82, 2.24) is 0 Å². The molecule has 0 aliphatic carbocycles. The zero-order chi connectivity index (χ0) is 91.3. The van der Waals surface area contributed by atoms with Crippen LogP contribution in [0.5, 0.6) is 0 Å². The Morgan fingerprint density at radius 3 is 0.460 bits per heavy atom. The van der Waals surface area contributed by atoms with Gasteiger partial charge in [0.15, 0.2) is 61.0 Å². The van der Waals surface area contributed by atoms with E-state index < -0.39 is 241 Å². The Morgan fingerprint density at radius 1 is 0.185 bits per heavy atom. The smallest absolute Gasteiger partial charge is 0.331 e. The van der Waals surface area contributed by atoms with Crippen molar-refractivity contribution in [3.63, 3.8) is 0 Å². The van der Waals surface area contributed by atoms with Crippen molar-refractivity contribution in [2.45, 2.75) is 250 Å². The molecule has 690 valence electrons. The Labute approximate surface area is 699 Å². The van der Waals surface area contributed by atoms with E-state index in [1.807, 2.05) is 0 Å². The van der Waals surface area contributed by atoms with E-state index in [2.05, 4.69) is 0 Å². The minimum atomic E-state index is -1.29. The summed E-state index contributed by atoms with van der Waals surface area (Å²) >= 11 is 0. The zero-order valence-electron chi connectivity index (χ0n) is 65.9. The molecule has 10 fully saturated rings. The number of esters is 10. The second kappa shape index (κ2) is 51.5. The molecule has 0 radical (unpaired) electrons. The lowest BCUT2D eigenvalue weighted by Gasteiger charge is -2.17. The maximum atomic E-state index is 11.7. The molecule has 20 atom stereocenters. The molecule has 10 heterocycles. The maximum absolute atomic E-state index is 11.7. The predicted molar refractivity (Wildman–Crippen MR) is 383 cm³/mol. The number of fused-ring (bicyclic) bond motifs is 5. The zero-order valence-corrected chi connectivity index (χ0v) is 65.9. The van der Waals surface area contributed by atoms with Crippen LogP contribution in [-0.2, 0) is 191 Å². The van der Waals surface area contributed by atoms with Gasteiger partial charge in [-0.3, -0.25) is 76.7 Å². The number of carboxylic acid groups (broad SMARTS) is 10. The molecule has 0 bridgehead atoms. The Balaban J connectivity index is 0.000000240. The minimum absolute atomic E-state index is 0.000993. The van der Waals surface area contributed by atoms with Gasteiger partial charge in [-0.2, -0.15) is 0 Å². The summed E-state index contributed by atoms with van der Waals surface area (Å²) in [6, 6.07) is 0. The molecule has 10 N–H and O–H groups in total. The highest BCUT2D eigenvalue weighted by atomic mass is 16.7. The fourth-order valence-electron chi connectivity index (χ4n) is 13.0. The molecule has 124 heavy (non-hydrogen) atoms. The average molecular weight is 1780 g/mol. The van der Waals surface area contributed by atoms with Gasteiger partial charge in [-0.05, 0) is 25.7 Å². The lowest BCUT2D eigenvalue weighted by Crippen LogP contribution is -2.36. The molecular weight excluding hydrogens is 1690 g/mol. The molecule has 0 unspecified atom stereocenters. The molecule has 50 nitrogen and oxygen atoms in total. The van der Waals surface area contributed by atoms with Crippen LogP contribution in [0.3, 0.4) is 0 Å². The fourth-order valence-corrected chi connectivity index (χ4v) is 13.0. The average Bonchev–Trinajstić information content (AvgIpc) is 1.68. The van der Waals surface area contributed by atoms with Gasteiger partial charge in [-0.1, -0.05) is 0 Å². The van der Waals surface area contributed by atoms with Crippen molar-refractivity contribution in [2.24, 2.45) is 0 Å². The summed E-state index contributed by atoms with van der Waals surface area (Å²) in [7, 11) is 0. The standard InChI is InChI=1S/2C16H22O10.2C14H18O10.C14H14O10/c2*17-11(18)3-1-5-13(21)25-9-7-23-16-10(8-24-15(9)16)26-14(22)6-2-4-12(19)20;3*15-9(16)1-3-11(19)23-7-5-21-14-8(6-22-13(7)14)24-12(20)4-2-10(17)18/h2*9-10,15-16H,1-8H2,(H,17,18)(H,19,20);2*7-8,13-14H,1-6H2,(H,15,16)(H,17,18);1-4,7-8,13-14H,5-6H2,(H,15,16)(H,17,18)/t9-,10+,15-,16-;9-,10-,15-,16-;7-,8+,13-,14-;7-,8-,13-,14-;7-,8+,13-,14-/m11111/s1. The Morgan fingerprint density at radius 2 is 0.323 bits per heavy atom. The highest BCUT2D eigenvalue weighted by molar-refractivity contribution is 5.91. The summed E-state index contributed by atoms with van der Waals surface area (Å²) in [4.78, 5) is 220. The third kappa shape index (κ3) is 35.7. The molecule has 0 aromatic heterocycles. The summed E-state index contributed by atoms with van der Waals surface area (Å²) in [6.07, 6.45) is -12.0. The van der Waals surface area contributed by atoms with Crippen LogP contribution >= 0.6 is 0 Å². The van der Waals surface area contributed by atoms with Crippen LogP contribution in [0, 0.1) is 0 Å². The van der Waals surface area contributed by atoms with E-state index in [-0.39, 0.29) is 194 Å². The summed E-state index contributed by atoms with van der Waals surface area (Å²) in [5, 5.41) is 85.2. The summed E-state index contributed by atoms with van der Waals surface area (Å²) < 4.78 is 106. The van der Waals surface area contributed by atoms with Gasteiger partial charge in [0.25, 0.3) is 0 Å². The first-order chi connectivity index (χ1) is 58.8. The number of hydrogen-bond donors (Lipinski definition) is 10. The lowest BCUT2D eigenvalue weighted by molar-refractivity contribution is -0.158. The number of carboxylic acids is 10. The lowest BCUT2D eigenvalue weighted by atomic mass is 10.1. The van der Waals surface area contributed by atoms with Crippen LogP contribution in [0.2, 0.25) is 0 Å². The Bertz CT molecular complexity index is 3400. The van der Waals surface area contributed by atoms with E-state index in [9.17, 15) is 95.9 Å². The third-order valence-electron chi connectivity index (χ3n) is 18.6. The fraction of sp³-hybridized carbons (Fsp3) is 0.676. The van der Waals surface area contributed by atoms with Gasteiger partial charge in [-0.25, -0.2) is 19.2 Å². The van der Waals surface area contributed by atoms with Crippen molar-refractivity contribution in [2.75, 3.05) is 66.1 Å². The van der Waals surface area contributed by atoms with E-state index >= 15 is 0 Å². The molecule has 0 aromatic carbocycles.